The largest absolute Gasteiger partial charge is 0.478 e. The summed E-state index contributed by atoms with van der Waals surface area (Å²) < 4.78 is 0.847. The molecule has 0 saturated heterocycles. The van der Waals surface area contributed by atoms with E-state index in [4.69, 9.17) is 10.8 Å². The summed E-state index contributed by atoms with van der Waals surface area (Å²) in [6, 6.07) is 5.22. The molecule has 2 rings (SSSR count). The zero-order valence-electron chi connectivity index (χ0n) is 6.65. The van der Waals surface area contributed by atoms with Gasteiger partial charge in [-0.3, -0.25) is 0 Å². The Morgan fingerprint density at radius 1 is 1.38 bits per heavy atom. The number of benzene rings is 1. The van der Waals surface area contributed by atoms with E-state index < -0.39 is 5.97 Å². The van der Waals surface area contributed by atoms with Crippen LogP contribution in [0, 0.1) is 0 Å². The van der Waals surface area contributed by atoms with Gasteiger partial charge in [0.25, 0.3) is 0 Å². The number of nitrogen functional groups attached to an aromatic ring is 1. The Bertz CT molecular complexity index is 475. The fourth-order valence-electron chi connectivity index (χ4n) is 1.24. The van der Waals surface area contributed by atoms with Crippen molar-refractivity contribution in [2.75, 3.05) is 5.73 Å². The van der Waals surface area contributed by atoms with Gasteiger partial charge in [0.15, 0.2) is 0 Å². The molecule has 3 nitrogen and oxygen atoms in total. The van der Waals surface area contributed by atoms with Crippen molar-refractivity contribution in [2.24, 2.45) is 0 Å². The number of carbonyl (C=O) groups is 1. The number of carboxylic acids is 1. The maximum Gasteiger partial charge on any atom is 0.337 e. The normalized spacial score (nSPS) is 10.5. The lowest BCUT2D eigenvalue weighted by molar-refractivity contribution is 0.0698. The predicted molar refractivity (Wildman–Crippen MR) is 53.2 cm³/mol. The SMILES string of the molecule is Nc1c(C(=O)O)ccc2ccsc12. The van der Waals surface area contributed by atoms with Crippen LogP contribution in [-0.2, 0) is 0 Å². The summed E-state index contributed by atoms with van der Waals surface area (Å²) in [4.78, 5) is 10.7. The summed E-state index contributed by atoms with van der Waals surface area (Å²) in [6.45, 7) is 0. The average Bonchev–Trinajstić information content (AvgIpc) is 2.52. The van der Waals surface area contributed by atoms with Gasteiger partial charge in [-0.05, 0) is 22.9 Å². The van der Waals surface area contributed by atoms with Crippen LogP contribution in [0.1, 0.15) is 10.4 Å². The maximum atomic E-state index is 10.7. The number of thiophene rings is 1. The van der Waals surface area contributed by atoms with Gasteiger partial charge in [0.1, 0.15) is 0 Å². The highest BCUT2D eigenvalue weighted by molar-refractivity contribution is 7.17. The zero-order chi connectivity index (χ0) is 9.42. The second-order valence-corrected chi connectivity index (χ2v) is 3.59. The topological polar surface area (TPSA) is 63.3 Å². The molecule has 0 radical (unpaired) electrons. The van der Waals surface area contributed by atoms with Crippen molar-refractivity contribution < 1.29 is 9.90 Å². The number of fused-ring (bicyclic) bond motifs is 1. The first-order chi connectivity index (χ1) is 6.20. The first-order valence-corrected chi connectivity index (χ1v) is 4.57. The second kappa shape index (κ2) is 2.74. The predicted octanol–water partition coefficient (Wildman–Crippen LogP) is 2.18. The van der Waals surface area contributed by atoms with Crippen LogP contribution in [0.2, 0.25) is 0 Å². The van der Waals surface area contributed by atoms with Gasteiger partial charge >= 0.3 is 5.97 Å². The molecule has 0 fully saturated rings. The number of hydrogen-bond donors (Lipinski definition) is 2. The summed E-state index contributed by atoms with van der Waals surface area (Å²) in [7, 11) is 0. The van der Waals surface area contributed by atoms with Gasteiger partial charge in [0.05, 0.1) is 16.0 Å². The van der Waals surface area contributed by atoms with E-state index in [1.54, 1.807) is 6.07 Å². The Kier molecular flexibility index (Phi) is 1.70. The molecule has 0 aliphatic heterocycles. The molecule has 13 heavy (non-hydrogen) atoms. The van der Waals surface area contributed by atoms with Crippen molar-refractivity contribution in [2.45, 2.75) is 0 Å². The number of carboxylic acid groups (broad SMARTS) is 1. The van der Waals surface area contributed by atoms with Gasteiger partial charge in [-0.25, -0.2) is 4.79 Å². The molecule has 0 aliphatic rings. The minimum absolute atomic E-state index is 0.176. The fraction of sp³-hybridized carbons (Fsp3) is 0. The highest BCUT2D eigenvalue weighted by atomic mass is 32.1. The molecular formula is C9H7NO2S. The Balaban J connectivity index is 2.80. The van der Waals surface area contributed by atoms with E-state index in [1.807, 2.05) is 11.4 Å². The van der Waals surface area contributed by atoms with Crippen LogP contribution in [0.25, 0.3) is 10.1 Å². The maximum absolute atomic E-state index is 10.7. The molecular weight excluding hydrogens is 186 g/mol. The van der Waals surface area contributed by atoms with E-state index in [1.165, 1.54) is 17.4 Å². The van der Waals surface area contributed by atoms with Crippen molar-refractivity contribution in [3.63, 3.8) is 0 Å². The van der Waals surface area contributed by atoms with Crippen molar-refractivity contribution in [3.05, 3.63) is 29.1 Å². The molecule has 66 valence electrons. The third-order valence-electron chi connectivity index (χ3n) is 1.89. The molecule has 3 N–H and O–H groups in total. The molecule has 1 aromatic carbocycles. The summed E-state index contributed by atoms with van der Waals surface area (Å²) in [5.74, 6) is -0.979. The van der Waals surface area contributed by atoms with Crippen LogP contribution in [0.4, 0.5) is 5.69 Å². The number of nitrogens with two attached hydrogens (primary N) is 1. The van der Waals surface area contributed by atoms with E-state index in [9.17, 15) is 4.79 Å². The third kappa shape index (κ3) is 1.15. The van der Waals surface area contributed by atoms with Crippen molar-refractivity contribution in [1.29, 1.82) is 0 Å². The number of anilines is 1. The first-order valence-electron chi connectivity index (χ1n) is 3.69. The second-order valence-electron chi connectivity index (χ2n) is 2.67. The summed E-state index contributed by atoms with van der Waals surface area (Å²) in [5, 5.41) is 11.7. The highest BCUT2D eigenvalue weighted by Crippen LogP contribution is 2.29. The van der Waals surface area contributed by atoms with E-state index in [0.29, 0.717) is 5.69 Å². The molecule has 0 saturated carbocycles. The quantitative estimate of drug-likeness (QED) is 0.682. The van der Waals surface area contributed by atoms with Gasteiger partial charge in [-0.1, -0.05) is 6.07 Å². The van der Waals surface area contributed by atoms with Crippen molar-refractivity contribution in [1.82, 2.24) is 0 Å². The van der Waals surface area contributed by atoms with Crippen LogP contribution in [-0.4, -0.2) is 11.1 Å². The fourth-order valence-corrected chi connectivity index (χ4v) is 2.10. The Labute approximate surface area is 78.4 Å². The monoisotopic (exact) mass is 193 g/mol. The number of rotatable bonds is 1. The lowest BCUT2D eigenvalue weighted by Crippen LogP contribution is -2.01. The molecule has 2 aromatic rings. The first kappa shape index (κ1) is 8.07. The molecule has 0 spiro atoms. The smallest absolute Gasteiger partial charge is 0.337 e. The third-order valence-corrected chi connectivity index (χ3v) is 2.85. The average molecular weight is 193 g/mol. The molecule has 0 unspecified atom stereocenters. The molecule has 0 aliphatic carbocycles. The van der Waals surface area contributed by atoms with E-state index >= 15 is 0 Å². The molecule has 0 bridgehead atoms. The standard InChI is InChI=1S/C9H7NO2S/c10-7-6(9(11)12)2-1-5-3-4-13-8(5)7/h1-4H,10H2,(H,11,12). The van der Waals surface area contributed by atoms with Gasteiger partial charge in [-0.2, -0.15) is 0 Å². The van der Waals surface area contributed by atoms with E-state index in [0.717, 1.165) is 10.1 Å². The molecule has 1 heterocycles. The Morgan fingerprint density at radius 3 is 2.85 bits per heavy atom. The minimum Gasteiger partial charge on any atom is -0.478 e. The minimum atomic E-state index is -0.979. The number of hydrogen-bond acceptors (Lipinski definition) is 3. The van der Waals surface area contributed by atoms with Crippen LogP contribution < -0.4 is 5.73 Å². The van der Waals surface area contributed by atoms with Gasteiger partial charge < -0.3 is 10.8 Å². The van der Waals surface area contributed by atoms with Gasteiger partial charge in [0.2, 0.25) is 0 Å². The molecule has 0 amide bonds. The Hall–Kier alpha value is -1.55. The number of aromatic carboxylic acids is 1. The van der Waals surface area contributed by atoms with E-state index in [2.05, 4.69) is 0 Å². The van der Waals surface area contributed by atoms with Crippen LogP contribution in [0.15, 0.2) is 23.6 Å². The Morgan fingerprint density at radius 2 is 2.15 bits per heavy atom. The summed E-state index contributed by atoms with van der Waals surface area (Å²) in [6.07, 6.45) is 0. The highest BCUT2D eigenvalue weighted by Gasteiger charge is 2.10. The zero-order valence-corrected chi connectivity index (χ0v) is 7.47. The van der Waals surface area contributed by atoms with Crippen molar-refractivity contribution in [3.8, 4) is 0 Å². The lowest BCUT2D eigenvalue weighted by atomic mass is 10.1. The molecule has 4 heteroatoms. The summed E-state index contributed by atoms with van der Waals surface area (Å²) >= 11 is 1.46. The van der Waals surface area contributed by atoms with Gasteiger partial charge in [-0.15, -0.1) is 11.3 Å². The van der Waals surface area contributed by atoms with Crippen LogP contribution in [0.5, 0.6) is 0 Å². The molecule has 1 aromatic heterocycles. The summed E-state index contributed by atoms with van der Waals surface area (Å²) in [5.41, 5.74) is 6.23. The lowest BCUT2D eigenvalue weighted by Gasteiger charge is -2.00. The van der Waals surface area contributed by atoms with Crippen molar-refractivity contribution >= 4 is 33.1 Å². The van der Waals surface area contributed by atoms with Gasteiger partial charge in [0, 0.05) is 0 Å². The van der Waals surface area contributed by atoms with E-state index in [-0.39, 0.29) is 5.56 Å². The van der Waals surface area contributed by atoms with Crippen LogP contribution in [0.3, 0.4) is 0 Å². The van der Waals surface area contributed by atoms with Crippen LogP contribution >= 0.6 is 11.3 Å². The molecule has 0 atom stereocenters.